The zero-order valence-corrected chi connectivity index (χ0v) is 11.9. The molecular formula is C15H20FN3O. The van der Waals surface area contributed by atoms with E-state index >= 15 is 0 Å². The van der Waals surface area contributed by atoms with Crippen LogP contribution in [0.15, 0.2) is 23.0 Å². The van der Waals surface area contributed by atoms with Crippen LogP contribution in [0.1, 0.15) is 32.7 Å². The molecule has 1 aliphatic heterocycles. The maximum absolute atomic E-state index is 13.4. The van der Waals surface area contributed by atoms with Gasteiger partial charge in [0.05, 0.1) is 11.0 Å². The molecule has 0 radical (unpaired) electrons. The number of imidazole rings is 1. The van der Waals surface area contributed by atoms with Crippen LogP contribution in [0.2, 0.25) is 0 Å². The van der Waals surface area contributed by atoms with Crippen molar-refractivity contribution in [3.8, 4) is 0 Å². The number of nitrogens with zero attached hydrogens (tertiary/aromatic N) is 2. The smallest absolute Gasteiger partial charge is 0.306 e. The van der Waals surface area contributed by atoms with Crippen molar-refractivity contribution in [2.75, 3.05) is 13.1 Å². The average molecular weight is 277 g/mol. The lowest BCUT2D eigenvalue weighted by molar-refractivity contribution is 0.152. The molecule has 2 aromatic rings. The molecule has 1 fully saturated rings. The molecule has 0 unspecified atom stereocenters. The summed E-state index contributed by atoms with van der Waals surface area (Å²) in [5, 5.41) is 0. The normalized spacial score (nSPS) is 18.2. The summed E-state index contributed by atoms with van der Waals surface area (Å²) in [4.78, 5) is 17.4. The Morgan fingerprint density at radius 2 is 2.00 bits per heavy atom. The fourth-order valence-electron chi connectivity index (χ4n) is 3.12. The fraction of sp³-hybridized carbons (Fsp3) is 0.533. The van der Waals surface area contributed by atoms with Crippen molar-refractivity contribution in [3.63, 3.8) is 0 Å². The predicted molar refractivity (Wildman–Crippen MR) is 77.5 cm³/mol. The van der Waals surface area contributed by atoms with Gasteiger partial charge in [0.25, 0.3) is 0 Å². The molecular weight excluding hydrogens is 257 g/mol. The van der Waals surface area contributed by atoms with Crippen molar-refractivity contribution >= 4 is 11.0 Å². The van der Waals surface area contributed by atoms with Gasteiger partial charge in [-0.05, 0) is 44.9 Å². The Morgan fingerprint density at radius 1 is 1.30 bits per heavy atom. The Hall–Kier alpha value is -1.62. The van der Waals surface area contributed by atoms with Crippen molar-refractivity contribution < 1.29 is 4.39 Å². The van der Waals surface area contributed by atoms with Crippen LogP contribution in [0.4, 0.5) is 4.39 Å². The summed E-state index contributed by atoms with van der Waals surface area (Å²) in [6, 6.07) is 5.15. The first-order valence-corrected chi connectivity index (χ1v) is 7.20. The van der Waals surface area contributed by atoms with Gasteiger partial charge in [-0.1, -0.05) is 0 Å². The third-order valence-electron chi connectivity index (χ3n) is 4.27. The zero-order valence-electron chi connectivity index (χ0n) is 11.9. The van der Waals surface area contributed by atoms with Crippen LogP contribution in [-0.2, 0) is 0 Å². The molecule has 1 aromatic heterocycles. The van der Waals surface area contributed by atoms with Gasteiger partial charge >= 0.3 is 5.69 Å². The van der Waals surface area contributed by atoms with Crippen LogP contribution in [0.3, 0.4) is 0 Å². The highest BCUT2D eigenvalue weighted by Crippen LogP contribution is 2.25. The summed E-state index contributed by atoms with van der Waals surface area (Å²) in [5.41, 5.74) is 1.26. The van der Waals surface area contributed by atoms with E-state index in [1.807, 2.05) is 0 Å². The maximum atomic E-state index is 13.4. The quantitative estimate of drug-likeness (QED) is 0.916. The molecule has 1 saturated heterocycles. The van der Waals surface area contributed by atoms with Crippen molar-refractivity contribution in [2.24, 2.45) is 0 Å². The molecule has 0 spiro atoms. The number of rotatable bonds is 2. The van der Waals surface area contributed by atoms with Crippen LogP contribution < -0.4 is 5.69 Å². The lowest BCUT2D eigenvalue weighted by Crippen LogP contribution is -2.40. The van der Waals surface area contributed by atoms with Gasteiger partial charge < -0.3 is 9.88 Å². The van der Waals surface area contributed by atoms with E-state index in [9.17, 15) is 9.18 Å². The number of aromatic amines is 1. The van der Waals surface area contributed by atoms with Gasteiger partial charge in [0.2, 0.25) is 0 Å². The molecule has 20 heavy (non-hydrogen) atoms. The lowest BCUT2D eigenvalue weighted by atomic mass is 10.0. The van der Waals surface area contributed by atoms with Gasteiger partial charge in [-0.25, -0.2) is 9.18 Å². The SMILES string of the molecule is CC(C)N1CCC(n2c(=O)[nH]c3ccc(F)cc32)CC1. The van der Waals surface area contributed by atoms with E-state index in [0.717, 1.165) is 25.9 Å². The fourth-order valence-corrected chi connectivity index (χ4v) is 3.12. The minimum absolute atomic E-state index is 0.131. The van der Waals surface area contributed by atoms with E-state index in [1.54, 1.807) is 10.6 Å². The third-order valence-corrected chi connectivity index (χ3v) is 4.27. The van der Waals surface area contributed by atoms with E-state index in [2.05, 4.69) is 23.7 Å². The second-order valence-electron chi connectivity index (χ2n) is 5.82. The lowest BCUT2D eigenvalue weighted by Gasteiger charge is -2.35. The number of nitrogens with one attached hydrogen (secondary N) is 1. The number of benzene rings is 1. The van der Waals surface area contributed by atoms with Crippen LogP contribution in [0, 0.1) is 5.82 Å². The maximum Gasteiger partial charge on any atom is 0.326 e. The van der Waals surface area contributed by atoms with Crippen LogP contribution in [-0.4, -0.2) is 33.6 Å². The van der Waals surface area contributed by atoms with Crippen molar-refractivity contribution in [1.82, 2.24) is 14.5 Å². The second kappa shape index (κ2) is 5.05. The first-order chi connectivity index (χ1) is 9.56. The van der Waals surface area contributed by atoms with Gasteiger partial charge in [0.15, 0.2) is 0 Å². The highest BCUT2D eigenvalue weighted by Gasteiger charge is 2.24. The Kier molecular flexibility index (Phi) is 3.38. The molecule has 0 amide bonds. The summed E-state index contributed by atoms with van der Waals surface area (Å²) < 4.78 is 15.2. The Bertz CT molecular complexity index is 665. The van der Waals surface area contributed by atoms with Crippen LogP contribution in [0.5, 0.6) is 0 Å². The molecule has 5 heteroatoms. The van der Waals surface area contributed by atoms with Gasteiger partial charge in [-0.15, -0.1) is 0 Å². The molecule has 2 heterocycles. The van der Waals surface area contributed by atoms with Gasteiger partial charge in [0, 0.05) is 25.2 Å². The largest absolute Gasteiger partial charge is 0.326 e. The Morgan fingerprint density at radius 3 is 2.65 bits per heavy atom. The van der Waals surface area contributed by atoms with E-state index in [4.69, 9.17) is 0 Å². The molecule has 1 aliphatic rings. The molecule has 0 atom stereocenters. The summed E-state index contributed by atoms with van der Waals surface area (Å²) in [5.74, 6) is -0.301. The van der Waals surface area contributed by atoms with Crippen LogP contribution in [0.25, 0.3) is 11.0 Å². The minimum atomic E-state index is -0.301. The van der Waals surface area contributed by atoms with E-state index in [-0.39, 0.29) is 17.5 Å². The summed E-state index contributed by atoms with van der Waals surface area (Å²) in [7, 11) is 0. The molecule has 3 rings (SSSR count). The van der Waals surface area contributed by atoms with Crippen molar-refractivity contribution in [1.29, 1.82) is 0 Å². The standard InChI is InChI=1S/C15H20FN3O/c1-10(2)18-7-5-12(6-8-18)19-14-9-11(16)3-4-13(14)17-15(19)20/h3-4,9-10,12H,5-8H2,1-2H3,(H,17,20). The summed E-state index contributed by atoms with van der Waals surface area (Å²) in [6.45, 7) is 6.34. The van der Waals surface area contributed by atoms with Gasteiger partial charge in [0.1, 0.15) is 5.82 Å². The highest BCUT2D eigenvalue weighted by atomic mass is 19.1. The number of fused-ring (bicyclic) bond motifs is 1. The number of likely N-dealkylation sites (tertiary alicyclic amines) is 1. The molecule has 4 nitrogen and oxygen atoms in total. The second-order valence-corrected chi connectivity index (χ2v) is 5.82. The number of hydrogen-bond acceptors (Lipinski definition) is 2. The minimum Gasteiger partial charge on any atom is -0.306 e. The number of hydrogen-bond donors (Lipinski definition) is 1. The third kappa shape index (κ3) is 2.26. The molecule has 0 aliphatic carbocycles. The molecule has 0 bridgehead atoms. The first kappa shape index (κ1) is 13.4. The van der Waals surface area contributed by atoms with E-state index < -0.39 is 0 Å². The molecule has 1 aromatic carbocycles. The highest BCUT2D eigenvalue weighted by molar-refractivity contribution is 5.75. The number of halogens is 1. The average Bonchev–Trinajstić information content (AvgIpc) is 2.74. The van der Waals surface area contributed by atoms with Gasteiger partial charge in [-0.2, -0.15) is 0 Å². The van der Waals surface area contributed by atoms with Crippen molar-refractivity contribution in [3.05, 3.63) is 34.5 Å². The number of aromatic nitrogens is 2. The zero-order chi connectivity index (χ0) is 14.3. The van der Waals surface area contributed by atoms with Crippen LogP contribution >= 0.6 is 0 Å². The summed E-state index contributed by atoms with van der Waals surface area (Å²) in [6.07, 6.45) is 1.86. The molecule has 108 valence electrons. The Labute approximate surface area is 117 Å². The number of piperidine rings is 1. The Balaban J connectivity index is 1.93. The van der Waals surface area contributed by atoms with Gasteiger partial charge in [-0.3, -0.25) is 4.57 Å². The topological polar surface area (TPSA) is 41.0 Å². The van der Waals surface area contributed by atoms with Crippen molar-refractivity contribution in [2.45, 2.75) is 38.8 Å². The summed E-state index contributed by atoms with van der Waals surface area (Å²) >= 11 is 0. The molecule has 1 N–H and O–H groups in total. The predicted octanol–water partition coefficient (Wildman–Crippen LogP) is 2.51. The van der Waals surface area contributed by atoms with E-state index in [0.29, 0.717) is 17.1 Å². The monoisotopic (exact) mass is 277 g/mol. The number of H-pyrrole nitrogens is 1. The molecule has 0 saturated carbocycles. The van der Waals surface area contributed by atoms with E-state index in [1.165, 1.54) is 12.1 Å². The first-order valence-electron chi connectivity index (χ1n) is 7.20.